The fraction of sp³-hybridized carbons (Fsp3) is 0.967. The Morgan fingerprint density at radius 1 is 0.559 bits per heavy atom. The quantitative estimate of drug-likeness (QED) is 0.102. The van der Waals surface area contributed by atoms with Gasteiger partial charge in [-0.2, -0.15) is 0 Å². The largest absolute Gasteiger partial charge is 0.481 e. The first-order valence-electron chi connectivity index (χ1n) is 15.1. The Balaban J connectivity index is 4.26. The number of carboxylic acid groups (broad SMARTS) is 1. The smallest absolute Gasteiger partial charge is 0.306 e. The monoisotopic (exact) mass is 484 g/mol. The first-order chi connectivity index (χ1) is 16.6. The van der Waals surface area contributed by atoms with Crippen LogP contribution in [0.5, 0.6) is 0 Å². The second kappa shape index (κ2) is 25.5. The number of carboxylic acids is 1. The molecule has 204 valence electrons. The van der Waals surface area contributed by atoms with Gasteiger partial charge in [0.25, 0.3) is 0 Å². The van der Waals surface area contributed by atoms with Gasteiger partial charge in [0, 0.05) is 6.61 Å². The Kier molecular flexibility index (Phi) is 25.0. The van der Waals surface area contributed by atoms with E-state index in [-0.39, 0.29) is 18.6 Å². The van der Waals surface area contributed by atoms with Crippen LogP contribution in [0, 0.1) is 11.8 Å². The van der Waals surface area contributed by atoms with E-state index in [9.17, 15) is 15.0 Å². The molecule has 0 aromatic rings. The molecule has 0 aromatic carbocycles. The standard InChI is InChI=1S/C30H60O4/c1-3-5-7-9-15-21-27(22-16-10-8-6-4-2)29(30(33)34)25-19-12-11-17-23-28(32)24-18-13-14-20-26-31/h27-29,31-32H,3-26H2,1-2H3,(H,33,34). The second-order valence-electron chi connectivity index (χ2n) is 10.7. The van der Waals surface area contributed by atoms with E-state index in [2.05, 4.69) is 13.8 Å². The van der Waals surface area contributed by atoms with Crippen molar-refractivity contribution in [1.29, 1.82) is 0 Å². The Bertz CT molecular complexity index is 412. The minimum absolute atomic E-state index is 0.179. The normalized spacial score (nSPS) is 13.4. The lowest BCUT2D eigenvalue weighted by molar-refractivity contribution is -0.144. The second-order valence-corrected chi connectivity index (χ2v) is 10.7. The molecule has 0 heterocycles. The van der Waals surface area contributed by atoms with Crippen molar-refractivity contribution in [2.75, 3.05) is 6.61 Å². The SMILES string of the molecule is CCCCCCCC(CCCCCCC)C(CCCCCCC(O)CCCCCCO)C(=O)O. The minimum Gasteiger partial charge on any atom is -0.481 e. The van der Waals surface area contributed by atoms with Crippen molar-refractivity contribution in [2.24, 2.45) is 11.8 Å². The summed E-state index contributed by atoms with van der Waals surface area (Å²) in [5, 5.41) is 28.9. The van der Waals surface area contributed by atoms with E-state index in [0.717, 1.165) is 83.5 Å². The molecule has 0 aromatic heterocycles. The molecule has 4 nitrogen and oxygen atoms in total. The van der Waals surface area contributed by atoms with Crippen molar-refractivity contribution in [3.05, 3.63) is 0 Å². The van der Waals surface area contributed by atoms with Crippen LogP contribution in [-0.2, 0) is 4.79 Å². The molecule has 2 unspecified atom stereocenters. The maximum absolute atomic E-state index is 12.1. The summed E-state index contributed by atoms with van der Waals surface area (Å²) in [5.41, 5.74) is 0. The third-order valence-corrected chi connectivity index (χ3v) is 7.49. The van der Waals surface area contributed by atoms with Crippen molar-refractivity contribution in [3.8, 4) is 0 Å². The molecular weight excluding hydrogens is 424 g/mol. The molecule has 0 aliphatic rings. The number of unbranched alkanes of at least 4 members (excludes halogenated alkanes) is 14. The molecule has 0 saturated carbocycles. The van der Waals surface area contributed by atoms with Crippen molar-refractivity contribution in [2.45, 2.75) is 168 Å². The molecule has 0 spiro atoms. The van der Waals surface area contributed by atoms with E-state index in [4.69, 9.17) is 5.11 Å². The van der Waals surface area contributed by atoms with Crippen molar-refractivity contribution in [3.63, 3.8) is 0 Å². The van der Waals surface area contributed by atoms with Crippen LogP contribution in [0.25, 0.3) is 0 Å². The molecular formula is C30H60O4. The molecule has 4 heteroatoms. The van der Waals surface area contributed by atoms with Gasteiger partial charge in [0.05, 0.1) is 12.0 Å². The summed E-state index contributed by atoms with van der Waals surface area (Å²) in [6.07, 6.45) is 25.3. The number of aliphatic hydroxyl groups excluding tert-OH is 2. The molecule has 34 heavy (non-hydrogen) atoms. The van der Waals surface area contributed by atoms with Gasteiger partial charge in [-0.15, -0.1) is 0 Å². The topological polar surface area (TPSA) is 77.8 Å². The summed E-state index contributed by atoms with van der Waals surface area (Å²) >= 11 is 0. The van der Waals surface area contributed by atoms with Gasteiger partial charge >= 0.3 is 5.97 Å². The summed E-state index contributed by atoms with van der Waals surface area (Å²) in [5.74, 6) is -0.418. The zero-order chi connectivity index (χ0) is 25.3. The lowest BCUT2D eigenvalue weighted by Gasteiger charge is -2.24. The van der Waals surface area contributed by atoms with Crippen LogP contribution in [0.15, 0.2) is 0 Å². The van der Waals surface area contributed by atoms with Crippen LogP contribution in [-0.4, -0.2) is 34.0 Å². The lowest BCUT2D eigenvalue weighted by atomic mass is 9.80. The Hall–Kier alpha value is -0.610. The highest BCUT2D eigenvalue weighted by Crippen LogP contribution is 2.30. The third kappa shape index (κ3) is 20.7. The highest BCUT2D eigenvalue weighted by Gasteiger charge is 2.26. The first-order valence-corrected chi connectivity index (χ1v) is 15.1. The zero-order valence-electron chi connectivity index (χ0n) is 23.0. The molecule has 3 N–H and O–H groups in total. The first kappa shape index (κ1) is 33.4. The summed E-state index contributed by atoms with van der Waals surface area (Å²) in [6.45, 7) is 4.74. The lowest BCUT2D eigenvalue weighted by Crippen LogP contribution is -2.24. The van der Waals surface area contributed by atoms with Crippen molar-refractivity contribution < 1.29 is 20.1 Å². The molecule has 0 bridgehead atoms. The van der Waals surface area contributed by atoms with E-state index < -0.39 is 5.97 Å². The highest BCUT2D eigenvalue weighted by atomic mass is 16.4. The average Bonchev–Trinajstić information content (AvgIpc) is 2.82. The fourth-order valence-corrected chi connectivity index (χ4v) is 5.22. The zero-order valence-corrected chi connectivity index (χ0v) is 23.0. The summed E-state index contributed by atoms with van der Waals surface area (Å²) in [7, 11) is 0. The maximum atomic E-state index is 12.1. The van der Waals surface area contributed by atoms with Gasteiger partial charge < -0.3 is 15.3 Å². The van der Waals surface area contributed by atoms with Gasteiger partial charge in [0.1, 0.15) is 0 Å². The average molecular weight is 485 g/mol. The molecule has 0 amide bonds. The van der Waals surface area contributed by atoms with Crippen LogP contribution in [0.3, 0.4) is 0 Å². The van der Waals surface area contributed by atoms with E-state index in [1.54, 1.807) is 0 Å². The molecule has 0 fully saturated rings. The molecule has 0 aliphatic carbocycles. The number of carbonyl (C=O) groups is 1. The van der Waals surface area contributed by atoms with E-state index in [1.807, 2.05) is 0 Å². The summed E-state index contributed by atoms with van der Waals surface area (Å²) in [6, 6.07) is 0. The number of hydrogen-bond acceptors (Lipinski definition) is 3. The Morgan fingerprint density at radius 3 is 1.35 bits per heavy atom. The summed E-state index contributed by atoms with van der Waals surface area (Å²) in [4.78, 5) is 12.1. The minimum atomic E-state index is -0.580. The molecule has 0 rings (SSSR count). The number of rotatable bonds is 27. The predicted molar refractivity (Wildman–Crippen MR) is 145 cm³/mol. The van der Waals surface area contributed by atoms with Crippen LogP contribution >= 0.6 is 0 Å². The highest BCUT2D eigenvalue weighted by molar-refractivity contribution is 5.70. The fourth-order valence-electron chi connectivity index (χ4n) is 5.22. The van der Waals surface area contributed by atoms with Crippen molar-refractivity contribution >= 4 is 5.97 Å². The van der Waals surface area contributed by atoms with Crippen LogP contribution in [0.2, 0.25) is 0 Å². The Labute approximate surface area is 212 Å². The van der Waals surface area contributed by atoms with Gasteiger partial charge in [0.15, 0.2) is 0 Å². The molecule has 0 radical (unpaired) electrons. The van der Waals surface area contributed by atoms with Gasteiger partial charge in [-0.25, -0.2) is 0 Å². The van der Waals surface area contributed by atoms with E-state index in [0.29, 0.717) is 5.92 Å². The summed E-state index contributed by atoms with van der Waals surface area (Å²) < 4.78 is 0. The number of hydrogen-bond donors (Lipinski definition) is 3. The van der Waals surface area contributed by atoms with Gasteiger partial charge in [-0.3, -0.25) is 4.79 Å². The van der Waals surface area contributed by atoms with E-state index in [1.165, 1.54) is 64.2 Å². The third-order valence-electron chi connectivity index (χ3n) is 7.49. The van der Waals surface area contributed by atoms with Gasteiger partial charge in [-0.05, 0) is 44.4 Å². The maximum Gasteiger partial charge on any atom is 0.306 e. The van der Waals surface area contributed by atoms with Crippen LogP contribution in [0.4, 0.5) is 0 Å². The number of aliphatic carboxylic acids is 1. The molecule has 0 aliphatic heterocycles. The molecule has 2 atom stereocenters. The van der Waals surface area contributed by atoms with Crippen molar-refractivity contribution in [1.82, 2.24) is 0 Å². The molecule has 0 saturated heterocycles. The van der Waals surface area contributed by atoms with Gasteiger partial charge in [-0.1, -0.05) is 123 Å². The number of aliphatic hydroxyl groups is 2. The predicted octanol–water partition coefficient (Wildman–Crippen LogP) is 8.67. The van der Waals surface area contributed by atoms with Crippen LogP contribution in [0.1, 0.15) is 162 Å². The Morgan fingerprint density at radius 2 is 0.941 bits per heavy atom. The van der Waals surface area contributed by atoms with Gasteiger partial charge in [0.2, 0.25) is 0 Å². The van der Waals surface area contributed by atoms with Crippen LogP contribution < -0.4 is 0 Å². The van der Waals surface area contributed by atoms with E-state index >= 15 is 0 Å².